The SMILES string of the molecule is CC1Cc2ccccc2N1C(=O)NCC1CCCO1. The van der Waals surface area contributed by atoms with E-state index in [2.05, 4.69) is 18.3 Å². The van der Waals surface area contributed by atoms with E-state index in [4.69, 9.17) is 4.74 Å². The van der Waals surface area contributed by atoms with Crippen molar-refractivity contribution >= 4 is 11.7 Å². The number of ether oxygens (including phenoxy) is 1. The number of para-hydroxylation sites is 1. The quantitative estimate of drug-likeness (QED) is 0.886. The van der Waals surface area contributed by atoms with Gasteiger partial charge in [-0.3, -0.25) is 4.90 Å². The number of hydrogen-bond acceptors (Lipinski definition) is 2. The molecule has 4 nitrogen and oxygen atoms in total. The minimum Gasteiger partial charge on any atom is -0.376 e. The molecule has 2 aliphatic heterocycles. The summed E-state index contributed by atoms with van der Waals surface area (Å²) in [4.78, 5) is 14.2. The highest BCUT2D eigenvalue weighted by Gasteiger charge is 2.30. The lowest BCUT2D eigenvalue weighted by Gasteiger charge is -2.24. The third-order valence-corrected chi connectivity index (χ3v) is 3.93. The molecule has 1 N–H and O–H groups in total. The Kier molecular flexibility index (Phi) is 3.42. The summed E-state index contributed by atoms with van der Waals surface area (Å²) in [5, 5.41) is 3.00. The molecule has 1 aromatic rings. The molecule has 0 saturated carbocycles. The van der Waals surface area contributed by atoms with Gasteiger partial charge in [-0.1, -0.05) is 18.2 Å². The molecule has 1 aromatic carbocycles. The normalized spacial score (nSPS) is 25.4. The zero-order valence-electron chi connectivity index (χ0n) is 11.3. The fourth-order valence-electron chi connectivity index (χ4n) is 2.97. The maximum atomic E-state index is 12.3. The fourth-order valence-corrected chi connectivity index (χ4v) is 2.97. The zero-order chi connectivity index (χ0) is 13.2. The van der Waals surface area contributed by atoms with Crippen LogP contribution in [0.15, 0.2) is 24.3 Å². The zero-order valence-corrected chi connectivity index (χ0v) is 11.3. The van der Waals surface area contributed by atoms with Gasteiger partial charge in [-0.2, -0.15) is 0 Å². The maximum Gasteiger partial charge on any atom is 0.322 e. The van der Waals surface area contributed by atoms with E-state index in [0.717, 1.165) is 31.6 Å². The molecule has 3 rings (SSSR count). The maximum absolute atomic E-state index is 12.3. The van der Waals surface area contributed by atoms with Crippen LogP contribution in [0.4, 0.5) is 10.5 Å². The molecule has 0 radical (unpaired) electrons. The number of amides is 2. The number of benzene rings is 1. The van der Waals surface area contributed by atoms with E-state index in [1.54, 1.807) is 0 Å². The standard InChI is InChI=1S/C15H20N2O2/c1-11-9-12-5-2-3-7-14(12)17(11)15(18)16-10-13-6-4-8-19-13/h2-3,5,7,11,13H,4,6,8-10H2,1H3,(H,16,18). The number of nitrogens with one attached hydrogen (secondary N) is 1. The molecule has 19 heavy (non-hydrogen) atoms. The van der Waals surface area contributed by atoms with Crippen molar-refractivity contribution in [2.24, 2.45) is 0 Å². The van der Waals surface area contributed by atoms with Gasteiger partial charge >= 0.3 is 6.03 Å². The van der Waals surface area contributed by atoms with Crippen LogP contribution >= 0.6 is 0 Å². The Balaban J connectivity index is 1.66. The third kappa shape index (κ3) is 2.45. The smallest absolute Gasteiger partial charge is 0.322 e. The summed E-state index contributed by atoms with van der Waals surface area (Å²) < 4.78 is 5.53. The van der Waals surface area contributed by atoms with Gasteiger partial charge in [0.2, 0.25) is 0 Å². The molecule has 4 heteroatoms. The molecule has 2 amide bonds. The molecule has 2 heterocycles. The highest BCUT2D eigenvalue weighted by molar-refractivity contribution is 5.94. The lowest BCUT2D eigenvalue weighted by molar-refractivity contribution is 0.111. The van der Waals surface area contributed by atoms with Gasteiger partial charge in [-0.15, -0.1) is 0 Å². The van der Waals surface area contributed by atoms with Crippen molar-refractivity contribution in [3.8, 4) is 0 Å². The van der Waals surface area contributed by atoms with Gasteiger partial charge in [-0.05, 0) is 37.8 Å². The van der Waals surface area contributed by atoms with Crippen molar-refractivity contribution < 1.29 is 9.53 Å². The highest BCUT2D eigenvalue weighted by atomic mass is 16.5. The molecule has 0 aliphatic carbocycles. The second-order valence-electron chi connectivity index (χ2n) is 5.37. The summed E-state index contributed by atoms with van der Waals surface area (Å²) in [6.07, 6.45) is 3.27. The van der Waals surface area contributed by atoms with Crippen LogP contribution in [-0.2, 0) is 11.2 Å². The van der Waals surface area contributed by atoms with E-state index in [9.17, 15) is 4.79 Å². The number of carbonyl (C=O) groups excluding carboxylic acids is 1. The molecule has 2 atom stereocenters. The average molecular weight is 260 g/mol. The minimum atomic E-state index is -0.00653. The monoisotopic (exact) mass is 260 g/mol. The molecule has 1 fully saturated rings. The van der Waals surface area contributed by atoms with Gasteiger partial charge < -0.3 is 10.1 Å². The van der Waals surface area contributed by atoms with Gasteiger partial charge in [-0.25, -0.2) is 4.79 Å². The van der Waals surface area contributed by atoms with Crippen LogP contribution in [0.3, 0.4) is 0 Å². The summed E-state index contributed by atoms with van der Waals surface area (Å²) in [5.74, 6) is 0. The van der Waals surface area contributed by atoms with Gasteiger partial charge in [0, 0.05) is 24.9 Å². The van der Waals surface area contributed by atoms with Crippen molar-refractivity contribution in [1.82, 2.24) is 5.32 Å². The van der Waals surface area contributed by atoms with Crippen LogP contribution in [0.5, 0.6) is 0 Å². The lowest BCUT2D eigenvalue weighted by Crippen LogP contribution is -2.45. The second kappa shape index (κ2) is 5.21. The molecule has 2 unspecified atom stereocenters. The van der Waals surface area contributed by atoms with Crippen LogP contribution in [0, 0.1) is 0 Å². The molecular weight excluding hydrogens is 240 g/mol. The van der Waals surface area contributed by atoms with Gasteiger partial charge in [0.15, 0.2) is 0 Å². The summed E-state index contributed by atoms with van der Waals surface area (Å²) >= 11 is 0. The Morgan fingerprint density at radius 2 is 2.32 bits per heavy atom. The summed E-state index contributed by atoms with van der Waals surface area (Å²) in [5.41, 5.74) is 2.29. The van der Waals surface area contributed by atoms with Crippen LogP contribution < -0.4 is 10.2 Å². The Hall–Kier alpha value is -1.55. The molecule has 1 saturated heterocycles. The van der Waals surface area contributed by atoms with Crippen molar-refractivity contribution in [1.29, 1.82) is 0 Å². The largest absolute Gasteiger partial charge is 0.376 e. The van der Waals surface area contributed by atoms with Crippen LogP contribution in [0.25, 0.3) is 0 Å². The molecule has 0 spiro atoms. The average Bonchev–Trinajstić information content (AvgIpc) is 3.02. The van der Waals surface area contributed by atoms with Crippen molar-refractivity contribution in [3.63, 3.8) is 0 Å². The summed E-state index contributed by atoms with van der Waals surface area (Å²) in [7, 11) is 0. The van der Waals surface area contributed by atoms with E-state index < -0.39 is 0 Å². The van der Waals surface area contributed by atoms with E-state index in [1.807, 2.05) is 23.1 Å². The van der Waals surface area contributed by atoms with E-state index in [0.29, 0.717) is 6.54 Å². The highest BCUT2D eigenvalue weighted by Crippen LogP contribution is 2.31. The predicted molar refractivity (Wildman–Crippen MR) is 74.5 cm³/mol. The minimum absolute atomic E-state index is 0.00653. The Morgan fingerprint density at radius 3 is 3.11 bits per heavy atom. The van der Waals surface area contributed by atoms with E-state index in [-0.39, 0.29) is 18.2 Å². The van der Waals surface area contributed by atoms with Crippen molar-refractivity contribution in [2.45, 2.75) is 38.3 Å². The number of nitrogens with zero attached hydrogens (tertiary/aromatic N) is 1. The molecule has 0 aromatic heterocycles. The molecular formula is C15H20N2O2. The fraction of sp³-hybridized carbons (Fsp3) is 0.533. The van der Waals surface area contributed by atoms with Crippen LogP contribution in [-0.4, -0.2) is 31.3 Å². The number of hydrogen-bond donors (Lipinski definition) is 1. The van der Waals surface area contributed by atoms with Gasteiger partial charge in [0.25, 0.3) is 0 Å². The van der Waals surface area contributed by atoms with Crippen molar-refractivity contribution in [2.75, 3.05) is 18.1 Å². The number of rotatable bonds is 2. The second-order valence-corrected chi connectivity index (χ2v) is 5.37. The summed E-state index contributed by atoms with van der Waals surface area (Å²) in [6.45, 7) is 3.53. The molecule has 102 valence electrons. The summed E-state index contributed by atoms with van der Waals surface area (Å²) in [6, 6.07) is 8.34. The van der Waals surface area contributed by atoms with Gasteiger partial charge in [0.05, 0.1) is 6.10 Å². The van der Waals surface area contributed by atoms with E-state index >= 15 is 0 Å². The first kappa shape index (κ1) is 12.5. The lowest BCUT2D eigenvalue weighted by atomic mass is 10.1. The van der Waals surface area contributed by atoms with E-state index in [1.165, 1.54) is 5.56 Å². The Bertz CT molecular complexity index is 469. The first-order valence-corrected chi connectivity index (χ1v) is 7.02. The first-order chi connectivity index (χ1) is 9.25. The number of anilines is 1. The first-order valence-electron chi connectivity index (χ1n) is 7.02. The molecule has 0 bridgehead atoms. The predicted octanol–water partition coefficient (Wildman–Crippen LogP) is 2.33. The molecule has 2 aliphatic rings. The third-order valence-electron chi connectivity index (χ3n) is 3.93. The topological polar surface area (TPSA) is 41.6 Å². The Labute approximate surface area is 113 Å². The van der Waals surface area contributed by atoms with Crippen LogP contribution in [0.1, 0.15) is 25.3 Å². The number of carbonyl (C=O) groups is 1. The number of urea groups is 1. The Morgan fingerprint density at radius 1 is 1.47 bits per heavy atom. The van der Waals surface area contributed by atoms with Crippen LogP contribution in [0.2, 0.25) is 0 Å². The van der Waals surface area contributed by atoms with Gasteiger partial charge in [0.1, 0.15) is 0 Å². The number of fused-ring (bicyclic) bond motifs is 1. The van der Waals surface area contributed by atoms with Crippen molar-refractivity contribution in [3.05, 3.63) is 29.8 Å².